The minimum atomic E-state index is -0.651. The summed E-state index contributed by atoms with van der Waals surface area (Å²) >= 11 is 0. The smallest absolute Gasteiger partial charge is 0.283 e. The van der Waals surface area contributed by atoms with Crippen molar-refractivity contribution in [2.75, 3.05) is 0 Å². The van der Waals surface area contributed by atoms with E-state index in [1.807, 2.05) is 42.5 Å². The highest BCUT2D eigenvalue weighted by Gasteiger charge is 2.33. The van der Waals surface area contributed by atoms with Gasteiger partial charge in [0.15, 0.2) is 0 Å². The number of aliphatic imine (C=N–C) groups is 1. The number of nitrogens with zero attached hydrogens (tertiary/aromatic N) is 2. The fraction of sp³-hybridized carbons (Fsp3) is 0.111. The van der Waals surface area contributed by atoms with Gasteiger partial charge in [-0.1, -0.05) is 36.4 Å². The van der Waals surface area contributed by atoms with Crippen LogP contribution in [0.4, 0.5) is 0 Å². The lowest BCUT2D eigenvalue weighted by Gasteiger charge is -2.13. The predicted octanol–water partition coefficient (Wildman–Crippen LogP) is 2.58. The van der Waals surface area contributed by atoms with E-state index in [0.29, 0.717) is 24.1 Å². The first-order chi connectivity index (χ1) is 10.7. The molecule has 0 saturated carbocycles. The highest BCUT2D eigenvalue weighted by atomic mass is 16.2. The molecule has 2 aliphatic rings. The average Bonchev–Trinajstić information content (AvgIpc) is 2.83. The number of Topliss-reactive ketones (excluding diaryl/α,β-unsaturated/α-hetero) is 1. The average molecular weight is 288 g/mol. The van der Waals surface area contributed by atoms with Crippen LogP contribution in [0.15, 0.2) is 64.8 Å². The van der Waals surface area contributed by atoms with Gasteiger partial charge in [-0.3, -0.25) is 14.6 Å². The summed E-state index contributed by atoms with van der Waals surface area (Å²) in [5.41, 5.74) is 3.89. The maximum atomic E-state index is 12.0. The molecule has 1 aromatic carbocycles. The lowest BCUT2D eigenvalue weighted by atomic mass is 9.90. The molecule has 106 valence electrons. The SMILES string of the molecule is O=C1N=C2CC=CC(Cc3cccc4cccnc34)=C2C1=O. The van der Waals surface area contributed by atoms with Crippen molar-refractivity contribution in [3.05, 3.63) is 65.4 Å². The van der Waals surface area contributed by atoms with Gasteiger partial charge in [-0.25, -0.2) is 4.99 Å². The molecule has 22 heavy (non-hydrogen) atoms. The third kappa shape index (κ3) is 1.92. The molecule has 0 atom stereocenters. The molecule has 0 spiro atoms. The van der Waals surface area contributed by atoms with Crippen LogP contribution < -0.4 is 0 Å². The fourth-order valence-electron chi connectivity index (χ4n) is 3.00. The summed E-state index contributed by atoms with van der Waals surface area (Å²) in [5.74, 6) is -1.13. The molecular formula is C18H12N2O2. The Morgan fingerprint density at radius 2 is 1.95 bits per heavy atom. The number of ketones is 1. The largest absolute Gasteiger partial charge is 0.318 e. The maximum Gasteiger partial charge on any atom is 0.318 e. The number of rotatable bonds is 2. The van der Waals surface area contributed by atoms with Crippen LogP contribution >= 0.6 is 0 Å². The molecule has 2 heterocycles. The topological polar surface area (TPSA) is 59.4 Å². The lowest BCUT2D eigenvalue weighted by Crippen LogP contribution is -2.14. The van der Waals surface area contributed by atoms with Gasteiger partial charge in [-0.15, -0.1) is 0 Å². The van der Waals surface area contributed by atoms with Crippen molar-refractivity contribution in [1.82, 2.24) is 4.98 Å². The molecule has 0 fully saturated rings. The molecular weight excluding hydrogens is 276 g/mol. The van der Waals surface area contributed by atoms with Crippen molar-refractivity contribution in [2.45, 2.75) is 12.8 Å². The van der Waals surface area contributed by atoms with Gasteiger partial charge < -0.3 is 0 Å². The van der Waals surface area contributed by atoms with Gasteiger partial charge in [0.05, 0.1) is 16.8 Å². The first kappa shape index (κ1) is 12.8. The van der Waals surface area contributed by atoms with Crippen LogP contribution in [0.2, 0.25) is 0 Å². The molecule has 1 aliphatic carbocycles. The standard InChI is InChI=1S/C18H12N2O2/c21-17-15-12(5-2-8-14(15)20-18(17)22)10-13-6-1-4-11-7-3-9-19-16(11)13/h1-7,9H,8,10H2. The highest BCUT2D eigenvalue weighted by Crippen LogP contribution is 2.27. The van der Waals surface area contributed by atoms with Crippen LogP contribution in [0.3, 0.4) is 0 Å². The zero-order chi connectivity index (χ0) is 15.1. The second-order valence-electron chi connectivity index (χ2n) is 5.37. The Bertz CT molecular complexity index is 914. The summed E-state index contributed by atoms with van der Waals surface area (Å²) < 4.78 is 0. The maximum absolute atomic E-state index is 12.0. The number of hydrogen-bond donors (Lipinski definition) is 0. The van der Waals surface area contributed by atoms with Crippen molar-refractivity contribution < 1.29 is 9.59 Å². The van der Waals surface area contributed by atoms with Gasteiger partial charge in [-0.05, 0) is 17.2 Å². The molecule has 4 heteroatoms. The second-order valence-corrected chi connectivity index (χ2v) is 5.37. The molecule has 0 bridgehead atoms. The first-order valence-corrected chi connectivity index (χ1v) is 7.13. The predicted molar refractivity (Wildman–Crippen MR) is 83.7 cm³/mol. The van der Waals surface area contributed by atoms with E-state index in [9.17, 15) is 9.59 Å². The highest BCUT2D eigenvalue weighted by molar-refractivity contribution is 6.56. The van der Waals surface area contributed by atoms with Crippen LogP contribution in [0.5, 0.6) is 0 Å². The molecule has 1 aromatic heterocycles. The van der Waals surface area contributed by atoms with E-state index >= 15 is 0 Å². The number of allylic oxidation sites excluding steroid dienone is 3. The summed E-state index contributed by atoms with van der Waals surface area (Å²) in [6.07, 6.45) is 6.74. The number of hydrogen-bond acceptors (Lipinski definition) is 3. The van der Waals surface area contributed by atoms with Gasteiger partial charge in [0.2, 0.25) is 0 Å². The van der Waals surface area contributed by atoms with Crippen molar-refractivity contribution >= 4 is 28.3 Å². The number of pyridine rings is 1. The van der Waals surface area contributed by atoms with Crippen LogP contribution in [-0.4, -0.2) is 22.4 Å². The molecule has 1 aliphatic heterocycles. The van der Waals surface area contributed by atoms with Gasteiger partial charge in [-0.2, -0.15) is 0 Å². The third-order valence-corrected chi connectivity index (χ3v) is 3.99. The van der Waals surface area contributed by atoms with E-state index in [1.54, 1.807) is 6.20 Å². The van der Waals surface area contributed by atoms with Crippen LogP contribution in [0.1, 0.15) is 12.0 Å². The second kappa shape index (κ2) is 4.84. The Hall–Kier alpha value is -2.88. The minimum Gasteiger partial charge on any atom is -0.283 e. The number of aromatic nitrogens is 1. The fourth-order valence-corrected chi connectivity index (χ4v) is 3.00. The molecule has 0 radical (unpaired) electrons. The van der Waals surface area contributed by atoms with E-state index < -0.39 is 11.7 Å². The molecule has 0 saturated heterocycles. The number of para-hydroxylation sites is 1. The summed E-state index contributed by atoms with van der Waals surface area (Å²) in [6.45, 7) is 0. The zero-order valence-electron chi connectivity index (χ0n) is 11.7. The van der Waals surface area contributed by atoms with Crippen LogP contribution in [-0.2, 0) is 16.0 Å². The van der Waals surface area contributed by atoms with Crippen molar-refractivity contribution in [3.63, 3.8) is 0 Å². The van der Waals surface area contributed by atoms with E-state index in [2.05, 4.69) is 9.98 Å². The Kier molecular flexibility index (Phi) is 2.82. The van der Waals surface area contributed by atoms with Gasteiger partial charge >= 0.3 is 5.91 Å². The van der Waals surface area contributed by atoms with Crippen molar-refractivity contribution in [3.8, 4) is 0 Å². The van der Waals surface area contributed by atoms with Crippen LogP contribution in [0.25, 0.3) is 10.9 Å². The normalized spacial score (nSPS) is 17.2. The van der Waals surface area contributed by atoms with Gasteiger partial charge in [0.25, 0.3) is 5.78 Å². The van der Waals surface area contributed by atoms with Gasteiger partial charge in [0, 0.05) is 24.4 Å². The van der Waals surface area contributed by atoms with E-state index in [1.165, 1.54) is 0 Å². The monoisotopic (exact) mass is 288 g/mol. The number of carbonyl (C=O) groups excluding carboxylic acids is 2. The van der Waals surface area contributed by atoms with E-state index in [4.69, 9.17) is 0 Å². The Labute approximate surface area is 126 Å². The van der Waals surface area contributed by atoms with Crippen molar-refractivity contribution in [1.29, 1.82) is 0 Å². The minimum absolute atomic E-state index is 0.484. The number of amides is 1. The third-order valence-electron chi connectivity index (χ3n) is 3.99. The van der Waals surface area contributed by atoms with Crippen LogP contribution in [0, 0.1) is 0 Å². The van der Waals surface area contributed by atoms with Crippen molar-refractivity contribution in [2.24, 2.45) is 4.99 Å². The molecule has 1 amide bonds. The zero-order valence-corrected chi connectivity index (χ0v) is 11.7. The van der Waals surface area contributed by atoms with E-state index in [-0.39, 0.29) is 0 Å². The van der Waals surface area contributed by atoms with E-state index in [0.717, 1.165) is 22.0 Å². The summed E-state index contributed by atoms with van der Waals surface area (Å²) in [4.78, 5) is 31.9. The molecule has 4 nitrogen and oxygen atoms in total. The Balaban J connectivity index is 1.83. The summed E-state index contributed by atoms with van der Waals surface area (Å²) in [7, 11) is 0. The first-order valence-electron chi connectivity index (χ1n) is 7.13. The van der Waals surface area contributed by atoms with Gasteiger partial charge in [0.1, 0.15) is 0 Å². The number of benzene rings is 1. The Morgan fingerprint density at radius 3 is 2.86 bits per heavy atom. The lowest BCUT2D eigenvalue weighted by molar-refractivity contribution is -0.132. The summed E-state index contributed by atoms with van der Waals surface area (Å²) in [6, 6.07) is 9.91. The molecule has 0 unspecified atom stereocenters. The number of carbonyl (C=O) groups is 2. The molecule has 0 N–H and O–H groups in total. The molecule has 4 rings (SSSR count). The summed E-state index contributed by atoms with van der Waals surface area (Å²) in [5, 5.41) is 1.06. The quantitative estimate of drug-likeness (QED) is 0.798. The molecule has 2 aromatic rings. The Morgan fingerprint density at radius 1 is 1.09 bits per heavy atom. The number of fused-ring (bicyclic) bond motifs is 2.